The highest BCUT2D eigenvalue weighted by molar-refractivity contribution is 14.0. The number of nitrogens with zero attached hydrogens (tertiary/aromatic N) is 1. The molecule has 6 nitrogen and oxygen atoms in total. The van der Waals surface area contributed by atoms with E-state index in [4.69, 9.17) is 9.47 Å². The van der Waals surface area contributed by atoms with Crippen molar-refractivity contribution in [2.24, 2.45) is 4.99 Å². The second kappa shape index (κ2) is 13.1. The second-order valence-corrected chi connectivity index (χ2v) is 6.27. The highest BCUT2D eigenvalue weighted by atomic mass is 127. The lowest BCUT2D eigenvalue weighted by Crippen LogP contribution is -2.37. The van der Waals surface area contributed by atoms with E-state index < -0.39 is 6.61 Å². The molecule has 0 aromatic heterocycles. The lowest BCUT2D eigenvalue weighted by Gasteiger charge is -2.14. The van der Waals surface area contributed by atoms with E-state index in [1.165, 1.54) is 13.2 Å². The van der Waals surface area contributed by atoms with Gasteiger partial charge in [0.05, 0.1) is 14.2 Å². The van der Waals surface area contributed by atoms with Crippen molar-refractivity contribution in [2.75, 3.05) is 27.8 Å². The molecule has 0 heterocycles. The Kier molecular flexibility index (Phi) is 11.2. The number of hydrogen-bond donors (Lipinski definition) is 2. The Balaban J connectivity index is 0.00000450. The molecule has 0 atom stereocenters. The molecular formula is C21H28F2IN3O3. The zero-order valence-electron chi connectivity index (χ0n) is 17.5. The lowest BCUT2D eigenvalue weighted by molar-refractivity contribution is -0.0512. The monoisotopic (exact) mass is 535 g/mol. The Morgan fingerprint density at radius 1 is 0.967 bits per heavy atom. The summed E-state index contributed by atoms with van der Waals surface area (Å²) in [6.45, 7) is 0.154. The molecule has 0 spiro atoms. The first-order chi connectivity index (χ1) is 14.0. The maximum atomic E-state index is 12.6. The number of halogens is 3. The summed E-state index contributed by atoms with van der Waals surface area (Å²) in [5, 5.41) is 6.38. The van der Waals surface area contributed by atoms with Gasteiger partial charge in [-0.25, -0.2) is 0 Å². The summed E-state index contributed by atoms with van der Waals surface area (Å²) in [5.74, 6) is 1.73. The molecule has 2 aromatic carbocycles. The van der Waals surface area contributed by atoms with E-state index >= 15 is 0 Å². The van der Waals surface area contributed by atoms with Gasteiger partial charge in [-0.2, -0.15) is 8.78 Å². The third-order valence-corrected chi connectivity index (χ3v) is 4.31. The summed E-state index contributed by atoms with van der Waals surface area (Å²) >= 11 is 0. The predicted octanol–water partition coefficient (Wildman–Crippen LogP) is 4.14. The molecule has 0 amide bonds. The van der Waals surface area contributed by atoms with Crippen LogP contribution < -0.4 is 24.8 Å². The predicted molar refractivity (Wildman–Crippen MR) is 125 cm³/mol. The van der Waals surface area contributed by atoms with Crippen LogP contribution in [0, 0.1) is 6.92 Å². The van der Waals surface area contributed by atoms with Crippen molar-refractivity contribution in [1.82, 2.24) is 10.6 Å². The molecule has 9 heteroatoms. The number of ether oxygens (including phenoxy) is 3. The van der Waals surface area contributed by atoms with Gasteiger partial charge in [-0.1, -0.05) is 18.2 Å². The SMILES string of the molecule is CN=C(NCCc1ccc(C)c(OC)c1)NCc1ccc(OC)c(OC(F)F)c1.I. The smallest absolute Gasteiger partial charge is 0.387 e. The van der Waals surface area contributed by atoms with Crippen LogP contribution in [0.4, 0.5) is 8.78 Å². The molecule has 0 saturated carbocycles. The molecule has 0 unspecified atom stereocenters. The van der Waals surface area contributed by atoms with Gasteiger partial charge >= 0.3 is 6.61 Å². The fourth-order valence-electron chi connectivity index (χ4n) is 2.77. The average Bonchev–Trinajstić information content (AvgIpc) is 2.71. The van der Waals surface area contributed by atoms with Crippen molar-refractivity contribution in [3.05, 3.63) is 53.1 Å². The van der Waals surface area contributed by atoms with Crippen molar-refractivity contribution in [2.45, 2.75) is 26.5 Å². The highest BCUT2D eigenvalue weighted by Crippen LogP contribution is 2.29. The van der Waals surface area contributed by atoms with Gasteiger partial charge in [0.25, 0.3) is 0 Å². The van der Waals surface area contributed by atoms with Crippen LogP contribution in [-0.4, -0.2) is 40.4 Å². The minimum Gasteiger partial charge on any atom is -0.496 e. The van der Waals surface area contributed by atoms with E-state index in [0.717, 1.165) is 28.9 Å². The van der Waals surface area contributed by atoms with Crippen LogP contribution in [0.5, 0.6) is 17.2 Å². The Morgan fingerprint density at radius 2 is 1.63 bits per heavy atom. The Labute approximate surface area is 193 Å². The van der Waals surface area contributed by atoms with E-state index in [-0.39, 0.29) is 35.5 Å². The summed E-state index contributed by atoms with van der Waals surface area (Å²) in [5.41, 5.74) is 3.00. The van der Waals surface area contributed by atoms with E-state index in [1.807, 2.05) is 19.1 Å². The van der Waals surface area contributed by atoms with Crippen LogP contribution in [0.3, 0.4) is 0 Å². The van der Waals surface area contributed by atoms with Crippen LogP contribution in [0.1, 0.15) is 16.7 Å². The van der Waals surface area contributed by atoms with Gasteiger partial charge in [-0.3, -0.25) is 4.99 Å². The molecule has 0 saturated heterocycles. The number of hydrogen-bond acceptors (Lipinski definition) is 4. The second-order valence-electron chi connectivity index (χ2n) is 6.27. The number of aryl methyl sites for hydroxylation is 1. The molecule has 0 radical (unpaired) electrons. The third kappa shape index (κ3) is 7.85. The van der Waals surface area contributed by atoms with Gasteiger partial charge in [0.2, 0.25) is 0 Å². The molecular weight excluding hydrogens is 507 g/mol. The number of nitrogens with one attached hydrogen (secondary N) is 2. The largest absolute Gasteiger partial charge is 0.496 e. The molecule has 0 aliphatic carbocycles. The quantitative estimate of drug-likeness (QED) is 0.287. The number of rotatable bonds is 9. The van der Waals surface area contributed by atoms with Crippen molar-refractivity contribution >= 4 is 29.9 Å². The summed E-state index contributed by atoms with van der Waals surface area (Å²) in [6.07, 6.45) is 0.798. The molecule has 2 aromatic rings. The molecule has 0 aliphatic rings. The van der Waals surface area contributed by atoms with Gasteiger partial charge in [-0.05, 0) is 48.2 Å². The molecule has 30 heavy (non-hydrogen) atoms. The average molecular weight is 535 g/mol. The first-order valence-electron chi connectivity index (χ1n) is 9.16. The van der Waals surface area contributed by atoms with Crippen molar-refractivity contribution in [3.63, 3.8) is 0 Å². The van der Waals surface area contributed by atoms with Crippen molar-refractivity contribution in [1.29, 1.82) is 0 Å². The fraction of sp³-hybridized carbons (Fsp3) is 0.381. The normalized spacial score (nSPS) is 11.0. The number of aliphatic imine (C=N–C) groups is 1. The third-order valence-electron chi connectivity index (χ3n) is 4.31. The molecule has 0 bridgehead atoms. The van der Waals surface area contributed by atoms with Crippen molar-refractivity contribution in [3.8, 4) is 17.2 Å². The molecule has 2 rings (SSSR count). The summed E-state index contributed by atoms with van der Waals surface area (Å²) in [7, 11) is 4.73. The first kappa shape index (κ1) is 25.7. The number of guanidine groups is 1. The summed E-state index contributed by atoms with van der Waals surface area (Å²) in [4.78, 5) is 4.18. The van der Waals surface area contributed by atoms with Gasteiger partial charge < -0.3 is 24.8 Å². The molecule has 0 aliphatic heterocycles. The molecule has 166 valence electrons. The van der Waals surface area contributed by atoms with E-state index in [2.05, 4.69) is 26.4 Å². The van der Waals surface area contributed by atoms with Gasteiger partial charge in [0, 0.05) is 20.1 Å². The standard InChI is InChI=1S/C21H27F2N3O3.HI/c1-14-5-6-15(11-18(14)28-4)9-10-25-21(24-2)26-13-16-7-8-17(27-3)19(12-16)29-20(22)23;/h5-8,11-12,20H,9-10,13H2,1-4H3,(H2,24,25,26);1H. The van der Waals surface area contributed by atoms with Crippen LogP contribution in [-0.2, 0) is 13.0 Å². The van der Waals surface area contributed by atoms with Crippen LogP contribution in [0.2, 0.25) is 0 Å². The Morgan fingerprint density at radius 3 is 2.27 bits per heavy atom. The van der Waals surface area contributed by atoms with Crippen LogP contribution in [0.25, 0.3) is 0 Å². The summed E-state index contributed by atoms with van der Waals surface area (Å²) < 4.78 is 40.0. The minimum atomic E-state index is -2.91. The maximum absolute atomic E-state index is 12.6. The topological polar surface area (TPSA) is 64.1 Å². The van der Waals surface area contributed by atoms with E-state index in [9.17, 15) is 8.78 Å². The van der Waals surface area contributed by atoms with E-state index in [0.29, 0.717) is 19.0 Å². The van der Waals surface area contributed by atoms with Crippen LogP contribution >= 0.6 is 24.0 Å². The molecule has 0 fully saturated rings. The number of benzene rings is 2. The van der Waals surface area contributed by atoms with Crippen LogP contribution in [0.15, 0.2) is 41.4 Å². The van der Waals surface area contributed by atoms with Gasteiger partial charge in [0.1, 0.15) is 5.75 Å². The zero-order chi connectivity index (χ0) is 21.2. The lowest BCUT2D eigenvalue weighted by atomic mass is 10.1. The molecule has 2 N–H and O–H groups in total. The number of alkyl halides is 2. The Bertz CT molecular complexity index is 835. The van der Waals surface area contributed by atoms with Gasteiger partial charge in [-0.15, -0.1) is 24.0 Å². The maximum Gasteiger partial charge on any atom is 0.387 e. The zero-order valence-corrected chi connectivity index (χ0v) is 19.8. The highest BCUT2D eigenvalue weighted by Gasteiger charge is 2.11. The van der Waals surface area contributed by atoms with E-state index in [1.54, 1.807) is 26.3 Å². The first-order valence-corrected chi connectivity index (χ1v) is 9.16. The number of methoxy groups -OCH3 is 2. The Hall–Kier alpha value is -2.30. The summed E-state index contributed by atoms with van der Waals surface area (Å²) in [6, 6.07) is 11.0. The van der Waals surface area contributed by atoms with Crippen molar-refractivity contribution < 1.29 is 23.0 Å². The van der Waals surface area contributed by atoms with Gasteiger partial charge in [0.15, 0.2) is 17.5 Å². The fourth-order valence-corrected chi connectivity index (χ4v) is 2.77. The minimum absolute atomic E-state index is 0.